The summed E-state index contributed by atoms with van der Waals surface area (Å²) >= 11 is 0. The van der Waals surface area contributed by atoms with E-state index < -0.39 is 16.0 Å². The van der Waals surface area contributed by atoms with Crippen LogP contribution in [0.1, 0.15) is 15.9 Å². The van der Waals surface area contributed by atoms with Crippen molar-refractivity contribution in [3.63, 3.8) is 0 Å². The van der Waals surface area contributed by atoms with Crippen molar-refractivity contribution in [2.75, 3.05) is 11.8 Å². The zero-order valence-electron chi connectivity index (χ0n) is 10.9. The standard InChI is InChI=1S/C12H13N3O4S/c1-8-3-4-10(9(7-8)12(16)19-2)15-20(17,18)11-5-6-13-14-11/h3-7,15H,1-2H3,(H,13,14). The molecule has 0 aliphatic carbocycles. The van der Waals surface area contributed by atoms with Crippen molar-refractivity contribution in [3.8, 4) is 0 Å². The molecule has 20 heavy (non-hydrogen) atoms. The molecule has 106 valence electrons. The van der Waals surface area contributed by atoms with Gasteiger partial charge in [-0.3, -0.25) is 9.82 Å². The number of sulfonamides is 1. The van der Waals surface area contributed by atoms with Crippen molar-refractivity contribution in [3.05, 3.63) is 41.6 Å². The predicted molar refractivity (Wildman–Crippen MR) is 71.9 cm³/mol. The van der Waals surface area contributed by atoms with Crippen molar-refractivity contribution in [1.82, 2.24) is 10.2 Å². The number of nitrogens with zero attached hydrogens (tertiary/aromatic N) is 1. The van der Waals surface area contributed by atoms with E-state index >= 15 is 0 Å². The van der Waals surface area contributed by atoms with Gasteiger partial charge in [-0.25, -0.2) is 4.79 Å². The number of esters is 1. The van der Waals surface area contributed by atoms with Crippen LogP contribution in [0.5, 0.6) is 0 Å². The Bertz CT molecular complexity index is 723. The Labute approximate surface area is 116 Å². The molecule has 1 heterocycles. The summed E-state index contributed by atoms with van der Waals surface area (Å²) in [6, 6.07) is 6.07. The molecular formula is C12H13N3O4S. The monoisotopic (exact) mass is 295 g/mol. The number of rotatable bonds is 4. The Kier molecular flexibility index (Phi) is 3.75. The number of carbonyl (C=O) groups excluding carboxylic acids is 1. The van der Waals surface area contributed by atoms with Crippen LogP contribution in [0.15, 0.2) is 35.5 Å². The van der Waals surface area contributed by atoms with E-state index in [-0.39, 0.29) is 16.3 Å². The van der Waals surface area contributed by atoms with E-state index in [2.05, 4.69) is 19.7 Å². The molecular weight excluding hydrogens is 282 g/mol. The number of aryl methyl sites for hydroxylation is 1. The quantitative estimate of drug-likeness (QED) is 0.828. The molecule has 7 nitrogen and oxygen atoms in total. The third-order valence-corrected chi connectivity index (χ3v) is 3.88. The number of anilines is 1. The molecule has 2 rings (SSSR count). The molecule has 0 amide bonds. The van der Waals surface area contributed by atoms with E-state index in [0.29, 0.717) is 0 Å². The molecule has 2 N–H and O–H groups in total. The number of aromatic amines is 1. The molecule has 0 aliphatic heterocycles. The first kappa shape index (κ1) is 14.1. The summed E-state index contributed by atoms with van der Waals surface area (Å²) in [6.07, 6.45) is 1.32. The summed E-state index contributed by atoms with van der Waals surface area (Å²) in [5.41, 5.74) is 1.11. The molecule has 2 aromatic rings. The van der Waals surface area contributed by atoms with Crippen molar-refractivity contribution in [2.45, 2.75) is 11.9 Å². The summed E-state index contributed by atoms with van der Waals surface area (Å²) in [6.45, 7) is 1.79. The first-order valence-electron chi connectivity index (χ1n) is 5.65. The third-order valence-electron chi connectivity index (χ3n) is 2.59. The Morgan fingerprint density at radius 2 is 2.10 bits per heavy atom. The minimum absolute atomic E-state index is 0.0890. The van der Waals surface area contributed by atoms with Gasteiger partial charge < -0.3 is 4.74 Å². The smallest absolute Gasteiger partial charge is 0.340 e. The molecule has 8 heteroatoms. The van der Waals surface area contributed by atoms with Gasteiger partial charge in [-0.15, -0.1) is 0 Å². The average Bonchev–Trinajstić information content (AvgIpc) is 2.94. The molecule has 0 fully saturated rings. The molecule has 0 radical (unpaired) electrons. The van der Waals surface area contributed by atoms with Gasteiger partial charge in [0.15, 0.2) is 5.03 Å². The number of aromatic nitrogens is 2. The van der Waals surface area contributed by atoms with Crippen LogP contribution in [0, 0.1) is 6.92 Å². The maximum Gasteiger partial charge on any atom is 0.340 e. The summed E-state index contributed by atoms with van der Waals surface area (Å²) < 4.78 is 31.1. The normalized spacial score (nSPS) is 11.1. The minimum Gasteiger partial charge on any atom is -0.465 e. The lowest BCUT2D eigenvalue weighted by atomic mass is 10.1. The fourth-order valence-corrected chi connectivity index (χ4v) is 2.61. The van der Waals surface area contributed by atoms with Gasteiger partial charge >= 0.3 is 5.97 Å². The Morgan fingerprint density at radius 3 is 2.70 bits per heavy atom. The summed E-state index contributed by atoms with van der Waals surface area (Å²) in [5.74, 6) is -0.615. The largest absolute Gasteiger partial charge is 0.465 e. The Morgan fingerprint density at radius 1 is 1.35 bits per heavy atom. The van der Waals surface area contributed by atoms with Crippen molar-refractivity contribution in [2.24, 2.45) is 0 Å². The summed E-state index contributed by atoms with van der Waals surface area (Å²) in [7, 11) is -2.59. The van der Waals surface area contributed by atoms with Gasteiger partial charge in [0, 0.05) is 0 Å². The van der Waals surface area contributed by atoms with Crippen molar-refractivity contribution in [1.29, 1.82) is 0 Å². The molecule has 0 aliphatic rings. The number of carbonyl (C=O) groups is 1. The first-order valence-corrected chi connectivity index (χ1v) is 7.13. The SMILES string of the molecule is COC(=O)c1cc(C)ccc1NS(=O)(=O)c1ccn[nH]1. The maximum atomic E-state index is 12.1. The second-order valence-corrected chi connectivity index (χ2v) is 5.72. The van der Waals surface area contributed by atoms with Gasteiger partial charge in [-0.1, -0.05) is 11.6 Å². The first-order chi connectivity index (χ1) is 9.44. The van der Waals surface area contributed by atoms with Crippen LogP contribution in [0.2, 0.25) is 0 Å². The van der Waals surface area contributed by atoms with Gasteiger partial charge in [0.05, 0.1) is 24.6 Å². The van der Waals surface area contributed by atoms with E-state index in [1.165, 1.54) is 25.4 Å². The highest BCUT2D eigenvalue weighted by Gasteiger charge is 2.20. The highest BCUT2D eigenvalue weighted by Crippen LogP contribution is 2.21. The lowest BCUT2D eigenvalue weighted by Gasteiger charge is -2.11. The molecule has 0 bridgehead atoms. The zero-order valence-corrected chi connectivity index (χ0v) is 11.7. The molecule has 0 spiro atoms. The second-order valence-electron chi connectivity index (χ2n) is 4.07. The van der Waals surface area contributed by atoms with Crippen LogP contribution in [-0.4, -0.2) is 31.7 Å². The Hall–Kier alpha value is -2.35. The van der Waals surface area contributed by atoms with E-state index in [1.807, 2.05) is 0 Å². The highest BCUT2D eigenvalue weighted by molar-refractivity contribution is 7.92. The number of H-pyrrole nitrogens is 1. The van der Waals surface area contributed by atoms with Crippen LogP contribution in [0.4, 0.5) is 5.69 Å². The molecule has 1 aromatic carbocycles. The van der Waals surface area contributed by atoms with E-state index in [9.17, 15) is 13.2 Å². The molecule has 0 saturated carbocycles. The number of methoxy groups -OCH3 is 1. The summed E-state index contributed by atoms with van der Waals surface area (Å²) in [5, 5.41) is 5.85. The van der Waals surface area contributed by atoms with Crippen LogP contribution in [0.25, 0.3) is 0 Å². The topological polar surface area (TPSA) is 101 Å². The van der Waals surface area contributed by atoms with E-state index in [4.69, 9.17) is 0 Å². The number of hydrogen-bond acceptors (Lipinski definition) is 5. The van der Waals surface area contributed by atoms with Crippen LogP contribution < -0.4 is 4.72 Å². The highest BCUT2D eigenvalue weighted by atomic mass is 32.2. The third kappa shape index (κ3) is 2.80. The predicted octanol–water partition coefficient (Wildman–Crippen LogP) is 1.31. The molecule has 1 aromatic heterocycles. The van der Waals surface area contributed by atoms with Crippen molar-refractivity contribution < 1.29 is 17.9 Å². The molecule has 0 saturated heterocycles. The lowest BCUT2D eigenvalue weighted by Crippen LogP contribution is -2.16. The van der Waals surface area contributed by atoms with E-state index in [0.717, 1.165) is 5.56 Å². The number of hydrogen-bond donors (Lipinski definition) is 2. The summed E-state index contributed by atoms with van der Waals surface area (Å²) in [4.78, 5) is 11.7. The fraction of sp³-hybridized carbons (Fsp3) is 0.167. The Balaban J connectivity index is 2.42. The molecule has 0 unspecified atom stereocenters. The minimum atomic E-state index is -3.82. The van der Waals surface area contributed by atoms with Gasteiger partial charge in [0.25, 0.3) is 10.0 Å². The van der Waals surface area contributed by atoms with E-state index in [1.54, 1.807) is 19.1 Å². The molecule has 0 atom stereocenters. The van der Waals surface area contributed by atoms with Crippen LogP contribution in [-0.2, 0) is 14.8 Å². The zero-order chi connectivity index (χ0) is 14.8. The number of benzene rings is 1. The maximum absolute atomic E-state index is 12.1. The number of nitrogens with one attached hydrogen (secondary N) is 2. The second kappa shape index (κ2) is 5.33. The average molecular weight is 295 g/mol. The van der Waals surface area contributed by atoms with Crippen molar-refractivity contribution >= 4 is 21.7 Å². The van der Waals surface area contributed by atoms with Gasteiger partial charge in [-0.05, 0) is 25.1 Å². The lowest BCUT2D eigenvalue weighted by molar-refractivity contribution is 0.0602. The van der Waals surface area contributed by atoms with Gasteiger partial charge in [0.2, 0.25) is 0 Å². The van der Waals surface area contributed by atoms with Crippen LogP contribution >= 0.6 is 0 Å². The van der Waals surface area contributed by atoms with Crippen LogP contribution in [0.3, 0.4) is 0 Å². The number of ether oxygens (including phenoxy) is 1. The fourth-order valence-electron chi connectivity index (χ4n) is 1.62. The van der Waals surface area contributed by atoms with Gasteiger partial charge in [-0.2, -0.15) is 13.5 Å². The van der Waals surface area contributed by atoms with Gasteiger partial charge in [0.1, 0.15) is 0 Å².